The van der Waals surface area contributed by atoms with Crippen molar-refractivity contribution in [1.82, 2.24) is 9.97 Å². The van der Waals surface area contributed by atoms with E-state index in [1.54, 1.807) is 12.4 Å². The zero-order valence-corrected chi connectivity index (χ0v) is 28.7. The maximum absolute atomic E-state index is 7.12. The minimum Gasteiger partial charge on any atom is -0.366 e. The molecule has 2 heterocycles. The van der Waals surface area contributed by atoms with E-state index in [0.717, 1.165) is 30.4 Å². The molecule has 0 N–H and O–H groups in total. The van der Waals surface area contributed by atoms with Gasteiger partial charge in [0.15, 0.2) is 0 Å². The minimum absolute atomic E-state index is 0. The van der Waals surface area contributed by atoms with Crippen molar-refractivity contribution in [3.63, 3.8) is 0 Å². The third-order valence-corrected chi connectivity index (χ3v) is 7.73. The molecule has 45 heavy (non-hydrogen) atoms. The van der Waals surface area contributed by atoms with E-state index < -0.39 is 0 Å². The number of hydrogen-bond acceptors (Lipinski definition) is 2. The summed E-state index contributed by atoms with van der Waals surface area (Å²) in [5.41, 5.74) is 14.8. The van der Waals surface area contributed by atoms with Gasteiger partial charge >= 0.3 is 44.8 Å². The van der Waals surface area contributed by atoms with Gasteiger partial charge in [0, 0.05) is 31.2 Å². The van der Waals surface area contributed by atoms with Gasteiger partial charge in [0.05, 0.1) is 0 Å². The van der Waals surface area contributed by atoms with Gasteiger partial charge in [0.1, 0.15) is 0 Å². The Kier molecular flexibility index (Phi) is 12.1. The van der Waals surface area contributed by atoms with Gasteiger partial charge in [-0.3, -0.25) is 21.8 Å². The SMILES string of the molecule is [Au+].[Au+].[C-]#Cc1ccc2c(c1)Cc1ccccc1-2.[C-]#Cc1ccc2c(c1)Cc1ccccc1-2.c1cncc(Cc2cccnc2)c1. The molecule has 6 aromatic rings. The van der Waals surface area contributed by atoms with Crippen LogP contribution < -0.4 is 0 Å². The van der Waals surface area contributed by atoms with E-state index in [1.807, 2.05) is 36.7 Å². The van der Waals surface area contributed by atoms with Gasteiger partial charge in [-0.1, -0.05) is 83.9 Å². The molecule has 224 valence electrons. The fourth-order valence-electron chi connectivity index (χ4n) is 5.69. The summed E-state index contributed by atoms with van der Waals surface area (Å²) in [6.45, 7) is 0. The monoisotopic (exact) mass is 942 g/mol. The average Bonchev–Trinajstić information content (AvgIpc) is 3.63. The molecule has 0 unspecified atom stereocenters. The molecule has 0 spiro atoms. The summed E-state index contributed by atoms with van der Waals surface area (Å²) in [6, 6.07) is 37.2. The predicted octanol–water partition coefficient (Wildman–Crippen LogP) is 8.45. The van der Waals surface area contributed by atoms with Crippen LogP contribution in [0.25, 0.3) is 22.3 Å². The number of aromatic nitrogens is 2. The van der Waals surface area contributed by atoms with Gasteiger partial charge in [-0.25, -0.2) is 0 Å². The smallest absolute Gasteiger partial charge is 0.366 e. The topological polar surface area (TPSA) is 25.8 Å². The van der Waals surface area contributed by atoms with E-state index in [-0.39, 0.29) is 44.8 Å². The average molecular weight is 943 g/mol. The molecule has 2 aliphatic carbocycles. The Morgan fingerprint density at radius 2 is 0.911 bits per heavy atom. The summed E-state index contributed by atoms with van der Waals surface area (Å²) in [5.74, 6) is 4.87. The molecule has 0 amide bonds. The standard InChI is InChI=1S/2C15H9.C11H10N2.2Au/c2*1-2-11-7-8-15-13(9-11)10-12-5-3-4-6-14(12)15;1-3-10(8-12-5-1)7-11-4-2-6-13-9-11;;/h2*3-9H,10H2;1-6,8-9H,7H2;;/q2*-1;;2*+1. The van der Waals surface area contributed by atoms with E-state index in [9.17, 15) is 0 Å². The molecule has 2 aliphatic rings. The van der Waals surface area contributed by atoms with Crippen molar-refractivity contribution >= 4 is 0 Å². The van der Waals surface area contributed by atoms with Gasteiger partial charge in [0.2, 0.25) is 0 Å². The fourth-order valence-corrected chi connectivity index (χ4v) is 5.69. The first kappa shape index (κ1) is 33.7. The van der Waals surface area contributed by atoms with Crippen LogP contribution in [0.3, 0.4) is 0 Å². The van der Waals surface area contributed by atoms with Gasteiger partial charge in [-0.15, -0.1) is 35.4 Å². The minimum atomic E-state index is 0. The molecule has 4 aromatic carbocycles. The number of hydrogen-bond donors (Lipinski definition) is 0. The quantitative estimate of drug-likeness (QED) is 0.0989. The van der Waals surface area contributed by atoms with Crippen LogP contribution in [-0.2, 0) is 64.0 Å². The summed E-state index contributed by atoms with van der Waals surface area (Å²) in [5, 5.41) is 0. The summed E-state index contributed by atoms with van der Waals surface area (Å²) in [7, 11) is 0. The van der Waals surface area contributed by atoms with Gasteiger partial charge < -0.3 is 12.8 Å². The maximum atomic E-state index is 7.12. The van der Waals surface area contributed by atoms with E-state index in [4.69, 9.17) is 12.8 Å². The van der Waals surface area contributed by atoms with Crippen LogP contribution >= 0.6 is 0 Å². The molecular formula is C41H28Au2N2. The van der Waals surface area contributed by atoms with E-state index in [0.29, 0.717) is 0 Å². The van der Waals surface area contributed by atoms with Crippen LogP contribution in [0.4, 0.5) is 0 Å². The molecule has 0 bridgehead atoms. The van der Waals surface area contributed by atoms with Crippen LogP contribution in [-0.4, -0.2) is 9.97 Å². The largest absolute Gasteiger partial charge is 1.00 e. The number of benzene rings is 4. The van der Waals surface area contributed by atoms with E-state index in [2.05, 4.69) is 107 Å². The molecule has 0 saturated carbocycles. The van der Waals surface area contributed by atoms with Crippen molar-refractivity contribution in [3.8, 4) is 34.1 Å². The molecular weight excluding hydrogens is 914 g/mol. The molecule has 0 atom stereocenters. The first-order valence-corrected chi connectivity index (χ1v) is 14.3. The van der Waals surface area contributed by atoms with Crippen molar-refractivity contribution in [2.24, 2.45) is 0 Å². The molecule has 0 radical (unpaired) electrons. The molecule has 2 aromatic heterocycles. The summed E-state index contributed by atoms with van der Waals surface area (Å²) in [4.78, 5) is 8.12. The van der Waals surface area contributed by atoms with Crippen molar-refractivity contribution in [2.45, 2.75) is 19.3 Å². The second-order valence-electron chi connectivity index (χ2n) is 10.6. The Morgan fingerprint density at radius 3 is 1.31 bits per heavy atom. The number of nitrogens with zero attached hydrogens (tertiary/aromatic N) is 2. The van der Waals surface area contributed by atoms with Crippen LogP contribution in [0.15, 0.2) is 134 Å². The molecule has 0 fully saturated rings. The Hall–Kier alpha value is -4.22. The van der Waals surface area contributed by atoms with Crippen LogP contribution in [0, 0.1) is 24.7 Å². The molecule has 0 aliphatic heterocycles. The zero-order valence-electron chi connectivity index (χ0n) is 24.3. The second kappa shape index (κ2) is 16.2. The van der Waals surface area contributed by atoms with Gasteiger partial charge in [-0.2, -0.15) is 0 Å². The van der Waals surface area contributed by atoms with Crippen LogP contribution in [0.2, 0.25) is 0 Å². The Bertz CT molecular complexity index is 1830. The van der Waals surface area contributed by atoms with Gasteiger partial charge in [-0.05, 0) is 69.5 Å². The number of pyridine rings is 2. The number of fused-ring (bicyclic) bond motifs is 6. The van der Waals surface area contributed by atoms with Crippen molar-refractivity contribution < 1.29 is 44.8 Å². The first-order chi connectivity index (χ1) is 21.2. The van der Waals surface area contributed by atoms with E-state index >= 15 is 0 Å². The first-order valence-electron chi connectivity index (χ1n) is 14.3. The number of rotatable bonds is 2. The van der Waals surface area contributed by atoms with E-state index in [1.165, 1.54) is 55.6 Å². The maximum Gasteiger partial charge on any atom is 1.00 e. The third-order valence-electron chi connectivity index (χ3n) is 7.73. The van der Waals surface area contributed by atoms with Gasteiger partial charge in [0.25, 0.3) is 0 Å². The summed E-state index contributed by atoms with van der Waals surface area (Å²) >= 11 is 0. The Labute approximate surface area is 297 Å². The molecule has 4 heteroatoms. The van der Waals surface area contributed by atoms with Crippen molar-refractivity contribution in [3.05, 3.63) is 191 Å². The Morgan fingerprint density at radius 1 is 0.489 bits per heavy atom. The fraction of sp³-hybridized carbons (Fsp3) is 0.0732. The molecule has 0 saturated heterocycles. The molecule has 2 nitrogen and oxygen atoms in total. The predicted molar refractivity (Wildman–Crippen MR) is 173 cm³/mol. The van der Waals surface area contributed by atoms with Crippen LogP contribution in [0.5, 0.6) is 0 Å². The van der Waals surface area contributed by atoms with Crippen molar-refractivity contribution in [1.29, 1.82) is 0 Å². The Balaban J connectivity index is 0.000000151. The molecule has 8 rings (SSSR count). The normalized spacial score (nSPS) is 10.6. The second-order valence-corrected chi connectivity index (χ2v) is 10.6. The summed E-state index contributed by atoms with van der Waals surface area (Å²) < 4.78 is 0. The van der Waals surface area contributed by atoms with Crippen molar-refractivity contribution in [2.75, 3.05) is 0 Å². The third kappa shape index (κ3) is 8.09. The summed E-state index contributed by atoms with van der Waals surface area (Å²) in [6.07, 6.45) is 24.4. The van der Waals surface area contributed by atoms with Crippen LogP contribution in [0.1, 0.15) is 44.5 Å². The zero-order chi connectivity index (χ0) is 29.4.